The summed E-state index contributed by atoms with van der Waals surface area (Å²) in [4.78, 5) is 14.3. The minimum atomic E-state index is -0.0216. The van der Waals surface area contributed by atoms with Gasteiger partial charge in [-0.05, 0) is 32.1 Å². The van der Waals surface area contributed by atoms with E-state index < -0.39 is 0 Å². The van der Waals surface area contributed by atoms with Crippen molar-refractivity contribution < 1.29 is 4.79 Å². The van der Waals surface area contributed by atoms with Crippen LogP contribution in [0.1, 0.15) is 25.3 Å². The minimum Gasteiger partial charge on any atom is -0.389 e. The molecular formula is C14H21N3OS. The van der Waals surface area contributed by atoms with Crippen LogP contribution >= 0.6 is 12.2 Å². The van der Waals surface area contributed by atoms with Gasteiger partial charge in [0, 0.05) is 18.5 Å². The fourth-order valence-electron chi connectivity index (χ4n) is 1.81. The second-order valence-electron chi connectivity index (χ2n) is 4.51. The maximum Gasteiger partial charge on any atom is 0.225 e. The first-order valence-electron chi connectivity index (χ1n) is 6.41. The number of nitrogens with two attached hydrogens (primary N) is 1. The van der Waals surface area contributed by atoms with Gasteiger partial charge in [0.2, 0.25) is 5.91 Å². The van der Waals surface area contributed by atoms with Gasteiger partial charge in [0.05, 0.1) is 5.69 Å². The highest BCUT2D eigenvalue weighted by Crippen LogP contribution is 2.14. The van der Waals surface area contributed by atoms with Crippen molar-refractivity contribution in [1.82, 2.24) is 4.90 Å². The van der Waals surface area contributed by atoms with Gasteiger partial charge in [-0.2, -0.15) is 0 Å². The van der Waals surface area contributed by atoms with E-state index in [0.717, 1.165) is 19.5 Å². The molecule has 1 aromatic rings. The van der Waals surface area contributed by atoms with Crippen LogP contribution in [0.4, 0.5) is 5.69 Å². The predicted molar refractivity (Wildman–Crippen MR) is 83.4 cm³/mol. The third-order valence-corrected chi connectivity index (χ3v) is 3.01. The molecule has 0 aliphatic rings. The molecule has 1 amide bonds. The van der Waals surface area contributed by atoms with Crippen molar-refractivity contribution in [2.75, 3.05) is 25.5 Å². The highest BCUT2D eigenvalue weighted by molar-refractivity contribution is 7.80. The number of nitrogens with zero attached hydrogens (tertiary/aromatic N) is 1. The van der Waals surface area contributed by atoms with Crippen molar-refractivity contribution in [2.24, 2.45) is 5.73 Å². The molecule has 1 aromatic carbocycles. The van der Waals surface area contributed by atoms with E-state index in [1.807, 2.05) is 25.2 Å². The first kappa shape index (κ1) is 15.6. The number of hydrogen-bond acceptors (Lipinski definition) is 3. The molecule has 0 aliphatic heterocycles. The lowest BCUT2D eigenvalue weighted by Gasteiger charge is -2.15. The Morgan fingerprint density at radius 2 is 2.05 bits per heavy atom. The van der Waals surface area contributed by atoms with Gasteiger partial charge < -0.3 is 16.0 Å². The Balaban J connectivity index is 2.55. The van der Waals surface area contributed by atoms with Crippen molar-refractivity contribution in [3.63, 3.8) is 0 Å². The number of carbonyl (C=O) groups excluding carboxylic acids is 1. The molecule has 19 heavy (non-hydrogen) atoms. The first-order chi connectivity index (χ1) is 9.04. The molecule has 1 rings (SSSR count). The zero-order valence-corrected chi connectivity index (χ0v) is 12.3. The molecule has 0 heterocycles. The molecule has 0 atom stereocenters. The van der Waals surface area contributed by atoms with E-state index in [4.69, 9.17) is 18.0 Å². The number of hydrogen-bond donors (Lipinski definition) is 2. The van der Waals surface area contributed by atoms with Crippen LogP contribution in [-0.4, -0.2) is 35.9 Å². The number of amides is 1. The zero-order valence-electron chi connectivity index (χ0n) is 11.5. The highest BCUT2D eigenvalue weighted by atomic mass is 32.1. The summed E-state index contributed by atoms with van der Waals surface area (Å²) < 4.78 is 0. The van der Waals surface area contributed by atoms with Crippen LogP contribution in [-0.2, 0) is 4.79 Å². The van der Waals surface area contributed by atoms with Crippen LogP contribution in [0.25, 0.3) is 0 Å². The first-order valence-corrected chi connectivity index (χ1v) is 6.82. The van der Waals surface area contributed by atoms with Crippen LogP contribution in [0.5, 0.6) is 0 Å². The van der Waals surface area contributed by atoms with E-state index in [9.17, 15) is 4.79 Å². The number of para-hydroxylation sites is 1. The third-order valence-electron chi connectivity index (χ3n) is 2.79. The molecule has 0 saturated heterocycles. The Morgan fingerprint density at radius 3 is 2.68 bits per heavy atom. The van der Waals surface area contributed by atoms with E-state index in [1.165, 1.54) is 0 Å². The summed E-state index contributed by atoms with van der Waals surface area (Å²) in [7, 11) is 2.01. The van der Waals surface area contributed by atoms with Crippen molar-refractivity contribution >= 4 is 28.8 Å². The molecule has 0 aliphatic carbocycles. The number of rotatable bonds is 7. The number of thiocarbonyl (C=S) groups is 1. The van der Waals surface area contributed by atoms with Gasteiger partial charge in [0.15, 0.2) is 0 Å². The van der Waals surface area contributed by atoms with E-state index in [-0.39, 0.29) is 5.91 Å². The summed E-state index contributed by atoms with van der Waals surface area (Å²) in [6.45, 7) is 3.86. The fraction of sp³-hybridized carbons (Fsp3) is 0.429. The maximum atomic E-state index is 11.9. The van der Waals surface area contributed by atoms with Gasteiger partial charge in [-0.25, -0.2) is 0 Å². The Labute approximate surface area is 120 Å². The number of anilines is 1. The standard InChI is InChI=1S/C14H21N3OS/c1-3-9-17(2)10-8-13(18)16-12-7-5-4-6-11(12)14(15)19/h4-7H,3,8-10H2,1-2H3,(H2,15,19)(H,16,18). The molecule has 0 spiro atoms. The van der Waals surface area contributed by atoms with Gasteiger partial charge >= 0.3 is 0 Å². The fourth-order valence-corrected chi connectivity index (χ4v) is 1.98. The Kier molecular flexibility index (Phi) is 6.45. The summed E-state index contributed by atoms with van der Waals surface area (Å²) in [6, 6.07) is 7.31. The normalized spacial score (nSPS) is 10.5. The summed E-state index contributed by atoms with van der Waals surface area (Å²) in [5, 5.41) is 2.86. The molecule has 0 radical (unpaired) electrons. The summed E-state index contributed by atoms with van der Waals surface area (Å²) >= 11 is 4.96. The third kappa shape index (κ3) is 5.36. The van der Waals surface area contributed by atoms with Crippen LogP contribution < -0.4 is 11.1 Å². The lowest BCUT2D eigenvalue weighted by molar-refractivity contribution is -0.116. The van der Waals surface area contributed by atoms with Gasteiger partial charge in [-0.1, -0.05) is 31.3 Å². The molecule has 0 unspecified atom stereocenters. The molecule has 104 valence electrons. The molecule has 4 nitrogen and oxygen atoms in total. The monoisotopic (exact) mass is 279 g/mol. The Bertz CT molecular complexity index is 448. The predicted octanol–water partition coefficient (Wildman–Crippen LogP) is 1.99. The largest absolute Gasteiger partial charge is 0.389 e. The SMILES string of the molecule is CCCN(C)CCC(=O)Nc1ccccc1C(N)=S. The second-order valence-corrected chi connectivity index (χ2v) is 4.95. The van der Waals surface area contributed by atoms with E-state index in [0.29, 0.717) is 22.7 Å². The Hall–Kier alpha value is -1.46. The number of carbonyl (C=O) groups is 1. The molecule has 0 aromatic heterocycles. The van der Waals surface area contributed by atoms with E-state index >= 15 is 0 Å². The molecule has 3 N–H and O–H groups in total. The minimum absolute atomic E-state index is 0.0216. The van der Waals surface area contributed by atoms with E-state index in [1.54, 1.807) is 6.07 Å². The Morgan fingerprint density at radius 1 is 1.37 bits per heavy atom. The van der Waals surface area contributed by atoms with Gasteiger partial charge in [-0.15, -0.1) is 0 Å². The summed E-state index contributed by atoms with van der Waals surface area (Å²) in [5.74, 6) is -0.0216. The number of benzene rings is 1. The average molecular weight is 279 g/mol. The average Bonchev–Trinajstić information content (AvgIpc) is 2.37. The highest BCUT2D eigenvalue weighted by Gasteiger charge is 2.08. The maximum absolute atomic E-state index is 11.9. The van der Waals surface area contributed by atoms with Crippen molar-refractivity contribution in [1.29, 1.82) is 0 Å². The molecular weight excluding hydrogens is 258 g/mol. The molecule has 5 heteroatoms. The molecule has 0 bridgehead atoms. The van der Waals surface area contributed by atoms with Crippen LogP contribution in [0.3, 0.4) is 0 Å². The van der Waals surface area contributed by atoms with Crippen LogP contribution in [0.2, 0.25) is 0 Å². The molecule has 0 fully saturated rings. The van der Waals surface area contributed by atoms with Gasteiger partial charge in [0.1, 0.15) is 4.99 Å². The molecule has 0 saturated carbocycles. The smallest absolute Gasteiger partial charge is 0.225 e. The second kappa shape index (κ2) is 7.86. The topological polar surface area (TPSA) is 58.4 Å². The van der Waals surface area contributed by atoms with Crippen molar-refractivity contribution in [3.8, 4) is 0 Å². The van der Waals surface area contributed by atoms with Crippen molar-refractivity contribution in [3.05, 3.63) is 29.8 Å². The summed E-state index contributed by atoms with van der Waals surface area (Å²) in [6.07, 6.45) is 1.55. The summed E-state index contributed by atoms with van der Waals surface area (Å²) in [5.41, 5.74) is 7.00. The lowest BCUT2D eigenvalue weighted by atomic mass is 10.1. The van der Waals surface area contributed by atoms with E-state index in [2.05, 4.69) is 17.1 Å². The number of nitrogens with one attached hydrogen (secondary N) is 1. The lowest BCUT2D eigenvalue weighted by Crippen LogP contribution is -2.25. The van der Waals surface area contributed by atoms with Crippen LogP contribution in [0, 0.1) is 0 Å². The van der Waals surface area contributed by atoms with Gasteiger partial charge in [-0.3, -0.25) is 4.79 Å². The van der Waals surface area contributed by atoms with Gasteiger partial charge in [0.25, 0.3) is 0 Å². The zero-order chi connectivity index (χ0) is 14.3. The quantitative estimate of drug-likeness (QED) is 0.749. The van der Waals surface area contributed by atoms with Crippen LogP contribution in [0.15, 0.2) is 24.3 Å². The van der Waals surface area contributed by atoms with Crippen molar-refractivity contribution in [2.45, 2.75) is 19.8 Å².